The number of rotatable bonds is 7. The van der Waals surface area contributed by atoms with Gasteiger partial charge in [0.05, 0.1) is 20.4 Å². The Labute approximate surface area is 168 Å². The molecule has 3 rings (SSSR count). The van der Waals surface area contributed by atoms with Gasteiger partial charge in [-0.05, 0) is 30.3 Å². The average Bonchev–Trinajstić information content (AvgIpc) is 2.78. The van der Waals surface area contributed by atoms with Crippen molar-refractivity contribution in [3.63, 3.8) is 0 Å². The number of para-hydroxylation sites is 1. The van der Waals surface area contributed by atoms with Crippen molar-refractivity contribution < 1.29 is 24.1 Å². The standard InChI is InChI=1S/C20H19N3O4.CH4O/c1-25-16-8-9-17(26-2)15(11-16)12-22-23-19(24)13-27-18-7-3-5-14-6-4-10-21-20(14)18;1-2/h3-12H,13H2,1-2H3,(H,23,24);2H,1H3/b22-12+;. The first kappa shape index (κ1) is 21.6. The van der Waals surface area contributed by atoms with Gasteiger partial charge in [0.1, 0.15) is 22.8 Å². The lowest BCUT2D eigenvalue weighted by Gasteiger charge is -2.08. The molecule has 0 saturated carbocycles. The summed E-state index contributed by atoms with van der Waals surface area (Å²) in [6, 6.07) is 14.6. The molecule has 1 heterocycles. The van der Waals surface area contributed by atoms with Crippen LogP contribution in [0.1, 0.15) is 5.56 Å². The van der Waals surface area contributed by atoms with Crippen LogP contribution in [0.25, 0.3) is 10.9 Å². The highest BCUT2D eigenvalue weighted by Gasteiger charge is 2.07. The van der Waals surface area contributed by atoms with Gasteiger partial charge in [-0.15, -0.1) is 0 Å². The Kier molecular flexibility index (Phi) is 8.40. The molecule has 152 valence electrons. The van der Waals surface area contributed by atoms with Crippen molar-refractivity contribution in [2.24, 2.45) is 5.10 Å². The third-order valence-electron chi connectivity index (χ3n) is 3.78. The fraction of sp³-hybridized carbons (Fsp3) is 0.190. The maximum Gasteiger partial charge on any atom is 0.277 e. The fourth-order valence-corrected chi connectivity index (χ4v) is 2.48. The Balaban J connectivity index is 0.00000145. The molecular weight excluding hydrogens is 374 g/mol. The van der Waals surface area contributed by atoms with Crippen molar-refractivity contribution in [2.45, 2.75) is 0 Å². The quantitative estimate of drug-likeness (QED) is 0.469. The van der Waals surface area contributed by atoms with E-state index in [0.29, 0.717) is 28.3 Å². The van der Waals surface area contributed by atoms with Crippen molar-refractivity contribution in [1.29, 1.82) is 0 Å². The number of hydrogen-bond acceptors (Lipinski definition) is 7. The summed E-state index contributed by atoms with van der Waals surface area (Å²) in [4.78, 5) is 16.3. The Morgan fingerprint density at radius 1 is 1.10 bits per heavy atom. The first-order chi connectivity index (χ1) is 14.2. The maximum absolute atomic E-state index is 12.0. The average molecular weight is 397 g/mol. The van der Waals surface area contributed by atoms with E-state index in [-0.39, 0.29) is 12.5 Å². The Bertz CT molecular complexity index is 970. The van der Waals surface area contributed by atoms with Crippen LogP contribution in [0.4, 0.5) is 0 Å². The Hall–Kier alpha value is -3.65. The number of methoxy groups -OCH3 is 2. The minimum atomic E-state index is -0.388. The monoisotopic (exact) mass is 397 g/mol. The van der Waals surface area contributed by atoms with E-state index in [1.807, 2.05) is 24.3 Å². The van der Waals surface area contributed by atoms with E-state index >= 15 is 0 Å². The second-order valence-corrected chi connectivity index (χ2v) is 5.52. The predicted octanol–water partition coefficient (Wildman–Crippen LogP) is 2.39. The first-order valence-corrected chi connectivity index (χ1v) is 8.66. The summed E-state index contributed by atoms with van der Waals surface area (Å²) in [5.74, 6) is 1.44. The number of amides is 1. The second-order valence-electron chi connectivity index (χ2n) is 5.52. The van der Waals surface area contributed by atoms with Crippen molar-refractivity contribution in [3.05, 3.63) is 60.3 Å². The topological polar surface area (TPSA) is 102 Å². The van der Waals surface area contributed by atoms with Crippen LogP contribution in [0.15, 0.2) is 59.8 Å². The third kappa shape index (κ3) is 5.91. The van der Waals surface area contributed by atoms with E-state index in [4.69, 9.17) is 19.3 Å². The molecule has 2 aromatic carbocycles. The summed E-state index contributed by atoms with van der Waals surface area (Å²) in [6.45, 7) is -0.178. The molecule has 1 aromatic heterocycles. The van der Waals surface area contributed by atoms with Crippen LogP contribution in [-0.2, 0) is 4.79 Å². The summed E-state index contributed by atoms with van der Waals surface area (Å²) >= 11 is 0. The number of benzene rings is 2. The molecule has 3 aromatic rings. The smallest absolute Gasteiger partial charge is 0.277 e. The third-order valence-corrected chi connectivity index (χ3v) is 3.78. The summed E-state index contributed by atoms with van der Waals surface area (Å²) in [7, 11) is 4.13. The molecule has 0 radical (unpaired) electrons. The highest BCUT2D eigenvalue weighted by atomic mass is 16.5. The zero-order valence-corrected chi connectivity index (χ0v) is 16.5. The lowest BCUT2D eigenvalue weighted by atomic mass is 10.2. The van der Waals surface area contributed by atoms with Gasteiger partial charge in [-0.3, -0.25) is 9.78 Å². The molecule has 8 nitrogen and oxygen atoms in total. The predicted molar refractivity (Wildman–Crippen MR) is 111 cm³/mol. The highest BCUT2D eigenvalue weighted by Crippen LogP contribution is 2.23. The number of ether oxygens (including phenoxy) is 3. The molecule has 0 aliphatic carbocycles. The molecule has 1 amide bonds. The fourth-order valence-electron chi connectivity index (χ4n) is 2.48. The summed E-state index contributed by atoms with van der Waals surface area (Å²) in [5, 5.41) is 11.9. The van der Waals surface area contributed by atoms with Crippen molar-refractivity contribution >= 4 is 23.0 Å². The van der Waals surface area contributed by atoms with Crippen LogP contribution >= 0.6 is 0 Å². The van der Waals surface area contributed by atoms with Gasteiger partial charge in [-0.2, -0.15) is 5.10 Å². The van der Waals surface area contributed by atoms with Gasteiger partial charge >= 0.3 is 0 Å². The van der Waals surface area contributed by atoms with E-state index < -0.39 is 0 Å². The number of aromatic nitrogens is 1. The van der Waals surface area contributed by atoms with Gasteiger partial charge in [0, 0.05) is 24.3 Å². The SMILES string of the molecule is CO.COc1ccc(OC)c(/C=N/NC(=O)COc2cccc3cccnc23)c1. The minimum Gasteiger partial charge on any atom is -0.497 e. The van der Waals surface area contributed by atoms with Crippen molar-refractivity contribution in [2.75, 3.05) is 27.9 Å². The molecule has 0 bridgehead atoms. The largest absolute Gasteiger partial charge is 0.497 e. The molecule has 0 spiro atoms. The first-order valence-electron chi connectivity index (χ1n) is 8.66. The van der Waals surface area contributed by atoms with Crippen LogP contribution in [0.3, 0.4) is 0 Å². The van der Waals surface area contributed by atoms with Crippen molar-refractivity contribution in [1.82, 2.24) is 10.4 Å². The number of hydrogen-bond donors (Lipinski definition) is 2. The van der Waals surface area contributed by atoms with E-state index in [0.717, 1.165) is 12.5 Å². The summed E-state index contributed by atoms with van der Waals surface area (Å²) < 4.78 is 16.0. The zero-order valence-electron chi connectivity index (χ0n) is 16.5. The number of pyridine rings is 1. The molecule has 0 atom stereocenters. The summed E-state index contributed by atoms with van der Waals surface area (Å²) in [6.07, 6.45) is 3.17. The van der Waals surface area contributed by atoms with Gasteiger partial charge < -0.3 is 19.3 Å². The molecule has 2 N–H and O–H groups in total. The van der Waals surface area contributed by atoms with Crippen LogP contribution in [0.5, 0.6) is 17.2 Å². The van der Waals surface area contributed by atoms with Crippen LogP contribution in [0.2, 0.25) is 0 Å². The number of hydrazone groups is 1. The normalized spacial score (nSPS) is 10.2. The molecule has 0 aliphatic rings. The van der Waals surface area contributed by atoms with Gasteiger partial charge in [0.2, 0.25) is 0 Å². The van der Waals surface area contributed by atoms with Gasteiger partial charge in [-0.25, -0.2) is 5.43 Å². The van der Waals surface area contributed by atoms with Gasteiger partial charge in [0.15, 0.2) is 6.61 Å². The molecule has 0 fully saturated rings. The van der Waals surface area contributed by atoms with E-state index in [9.17, 15) is 4.79 Å². The maximum atomic E-state index is 12.0. The number of fused-ring (bicyclic) bond motifs is 1. The number of aliphatic hydroxyl groups excluding tert-OH is 1. The highest BCUT2D eigenvalue weighted by molar-refractivity contribution is 5.87. The Morgan fingerprint density at radius 2 is 1.90 bits per heavy atom. The molecule has 29 heavy (non-hydrogen) atoms. The van der Waals surface area contributed by atoms with Crippen LogP contribution < -0.4 is 19.6 Å². The van der Waals surface area contributed by atoms with Gasteiger partial charge in [-0.1, -0.05) is 18.2 Å². The molecule has 0 aliphatic heterocycles. The number of nitrogens with one attached hydrogen (secondary N) is 1. The number of aliphatic hydroxyl groups is 1. The lowest BCUT2D eigenvalue weighted by molar-refractivity contribution is -0.123. The second kappa shape index (κ2) is 11.3. The summed E-state index contributed by atoms with van der Waals surface area (Å²) in [5.41, 5.74) is 3.81. The molecule has 0 saturated heterocycles. The van der Waals surface area contributed by atoms with Gasteiger partial charge in [0.25, 0.3) is 5.91 Å². The van der Waals surface area contributed by atoms with E-state index in [2.05, 4.69) is 15.5 Å². The van der Waals surface area contributed by atoms with Crippen LogP contribution in [0, 0.1) is 0 Å². The number of carbonyl (C=O) groups is 1. The number of carbonyl (C=O) groups excluding carboxylic acids is 1. The number of nitrogens with zero attached hydrogens (tertiary/aromatic N) is 2. The van der Waals surface area contributed by atoms with E-state index in [1.165, 1.54) is 6.21 Å². The Morgan fingerprint density at radius 3 is 2.66 bits per heavy atom. The van der Waals surface area contributed by atoms with E-state index in [1.54, 1.807) is 44.7 Å². The molecular formula is C21H23N3O5. The van der Waals surface area contributed by atoms with Crippen LogP contribution in [-0.4, -0.2) is 50.1 Å². The minimum absolute atomic E-state index is 0.178. The molecule has 0 unspecified atom stereocenters. The lowest BCUT2D eigenvalue weighted by Crippen LogP contribution is -2.24. The van der Waals surface area contributed by atoms with Crippen molar-refractivity contribution in [3.8, 4) is 17.2 Å². The zero-order chi connectivity index (χ0) is 21.1. The molecule has 8 heteroatoms.